The highest BCUT2D eigenvalue weighted by Gasteiger charge is 2.03. The van der Waals surface area contributed by atoms with E-state index in [2.05, 4.69) is 42.0 Å². The number of hydrogen-bond donors (Lipinski definition) is 0. The number of aromatic nitrogens is 2. The van der Waals surface area contributed by atoms with Crippen LogP contribution in [0.15, 0.2) is 30.5 Å². The van der Waals surface area contributed by atoms with Gasteiger partial charge in [0.25, 0.3) is 0 Å². The third-order valence-corrected chi connectivity index (χ3v) is 2.62. The van der Waals surface area contributed by atoms with Gasteiger partial charge in [0.1, 0.15) is 0 Å². The molecule has 0 fully saturated rings. The van der Waals surface area contributed by atoms with Gasteiger partial charge in [-0.25, -0.2) is 4.98 Å². The predicted octanol–water partition coefficient (Wildman–Crippen LogP) is 2.77. The van der Waals surface area contributed by atoms with Crippen LogP contribution < -0.4 is 4.74 Å². The van der Waals surface area contributed by atoms with Crippen LogP contribution in [0.2, 0.25) is 0 Å². The lowest BCUT2D eigenvalue weighted by Crippen LogP contribution is -1.93. The summed E-state index contributed by atoms with van der Waals surface area (Å²) >= 11 is 0. The molecule has 1 aromatic heterocycles. The summed E-state index contributed by atoms with van der Waals surface area (Å²) in [7, 11) is 1.57. The average Bonchev–Trinajstić information content (AvgIpc) is 2.33. The smallest absolute Gasteiger partial charge is 0.316 e. The van der Waals surface area contributed by atoms with Crippen molar-refractivity contribution < 1.29 is 4.74 Å². The van der Waals surface area contributed by atoms with Gasteiger partial charge in [0, 0.05) is 11.8 Å². The normalized spacial score (nSPS) is 10.2. The standard InChI is InChI=1S/C13H14N2O/c1-9-4-5-11(8-10(9)2)12-6-7-14-13(15-12)16-3/h4-8H,1-3H3. The summed E-state index contributed by atoms with van der Waals surface area (Å²) in [6.07, 6.45) is 1.70. The van der Waals surface area contributed by atoms with Crippen LogP contribution in [0.1, 0.15) is 11.1 Å². The van der Waals surface area contributed by atoms with E-state index in [0.717, 1.165) is 11.3 Å². The fraction of sp³-hybridized carbons (Fsp3) is 0.231. The second kappa shape index (κ2) is 4.31. The Morgan fingerprint density at radius 2 is 1.88 bits per heavy atom. The third kappa shape index (κ3) is 2.03. The molecule has 2 rings (SSSR count). The van der Waals surface area contributed by atoms with Crippen molar-refractivity contribution in [1.29, 1.82) is 0 Å². The summed E-state index contributed by atoms with van der Waals surface area (Å²) in [5.41, 5.74) is 4.51. The second-order valence-electron chi connectivity index (χ2n) is 3.73. The van der Waals surface area contributed by atoms with Crippen LogP contribution in [0, 0.1) is 13.8 Å². The summed E-state index contributed by atoms with van der Waals surface area (Å²) < 4.78 is 5.01. The molecule has 2 aromatic rings. The highest BCUT2D eigenvalue weighted by Crippen LogP contribution is 2.21. The fourth-order valence-corrected chi connectivity index (χ4v) is 1.50. The highest BCUT2D eigenvalue weighted by molar-refractivity contribution is 5.60. The van der Waals surface area contributed by atoms with E-state index in [1.54, 1.807) is 13.3 Å². The van der Waals surface area contributed by atoms with Gasteiger partial charge in [-0.3, -0.25) is 0 Å². The first-order valence-corrected chi connectivity index (χ1v) is 5.15. The van der Waals surface area contributed by atoms with E-state index < -0.39 is 0 Å². The molecule has 0 aliphatic heterocycles. The van der Waals surface area contributed by atoms with Gasteiger partial charge in [-0.1, -0.05) is 12.1 Å². The Hall–Kier alpha value is -1.90. The Labute approximate surface area is 95.1 Å². The molecule has 0 atom stereocenters. The fourth-order valence-electron chi connectivity index (χ4n) is 1.50. The summed E-state index contributed by atoms with van der Waals surface area (Å²) in [6, 6.07) is 8.56. The van der Waals surface area contributed by atoms with Crippen molar-refractivity contribution in [2.24, 2.45) is 0 Å². The number of rotatable bonds is 2. The molecule has 16 heavy (non-hydrogen) atoms. The monoisotopic (exact) mass is 214 g/mol. The zero-order chi connectivity index (χ0) is 11.5. The third-order valence-electron chi connectivity index (χ3n) is 2.62. The summed E-state index contributed by atoms with van der Waals surface area (Å²) in [4.78, 5) is 8.29. The summed E-state index contributed by atoms with van der Waals surface area (Å²) in [6.45, 7) is 4.19. The van der Waals surface area contributed by atoms with Crippen LogP contribution in [-0.4, -0.2) is 17.1 Å². The molecular formula is C13H14N2O. The van der Waals surface area contributed by atoms with E-state index in [9.17, 15) is 0 Å². The Bertz CT molecular complexity index is 509. The number of aryl methyl sites for hydroxylation is 2. The molecule has 0 radical (unpaired) electrons. The van der Waals surface area contributed by atoms with Gasteiger partial charge in [0.15, 0.2) is 0 Å². The summed E-state index contributed by atoms with van der Waals surface area (Å²) in [5, 5.41) is 0. The van der Waals surface area contributed by atoms with Crippen LogP contribution in [-0.2, 0) is 0 Å². The van der Waals surface area contributed by atoms with Crippen molar-refractivity contribution in [3.05, 3.63) is 41.6 Å². The quantitative estimate of drug-likeness (QED) is 0.771. The minimum absolute atomic E-state index is 0.399. The number of hydrogen-bond acceptors (Lipinski definition) is 3. The Kier molecular flexibility index (Phi) is 2.86. The van der Waals surface area contributed by atoms with Gasteiger partial charge >= 0.3 is 6.01 Å². The molecule has 3 heteroatoms. The lowest BCUT2D eigenvalue weighted by atomic mass is 10.0. The van der Waals surface area contributed by atoms with Crippen molar-refractivity contribution in [2.75, 3.05) is 7.11 Å². The first-order chi connectivity index (χ1) is 7.70. The Morgan fingerprint density at radius 1 is 1.06 bits per heavy atom. The summed E-state index contributed by atoms with van der Waals surface area (Å²) in [5.74, 6) is 0. The minimum atomic E-state index is 0.399. The molecule has 0 aliphatic carbocycles. The Balaban J connectivity index is 2.46. The first kappa shape index (κ1) is 10.6. The maximum absolute atomic E-state index is 5.01. The lowest BCUT2D eigenvalue weighted by molar-refractivity contribution is 0.380. The first-order valence-electron chi connectivity index (χ1n) is 5.15. The zero-order valence-corrected chi connectivity index (χ0v) is 9.69. The molecule has 0 aliphatic rings. The molecule has 82 valence electrons. The maximum atomic E-state index is 5.01. The van der Waals surface area contributed by atoms with E-state index in [4.69, 9.17) is 4.74 Å². The lowest BCUT2D eigenvalue weighted by Gasteiger charge is -2.05. The molecule has 0 spiro atoms. The molecule has 1 heterocycles. The van der Waals surface area contributed by atoms with Crippen molar-refractivity contribution >= 4 is 0 Å². The topological polar surface area (TPSA) is 35.0 Å². The van der Waals surface area contributed by atoms with Crippen LogP contribution in [0.5, 0.6) is 6.01 Å². The predicted molar refractivity (Wildman–Crippen MR) is 63.5 cm³/mol. The average molecular weight is 214 g/mol. The molecule has 3 nitrogen and oxygen atoms in total. The molecule has 0 saturated carbocycles. The number of nitrogens with zero attached hydrogens (tertiary/aromatic N) is 2. The van der Waals surface area contributed by atoms with Gasteiger partial charge in [0.05, 0.1) is 12.8 Å². The highest BCUT2D eigenvalue weighted by atomic mass is 16.5. The van der Waals surface area contributed by atoms with Gasteiger partial charge in [0.2, 0.25) is 0 Å². The van der Waals surface area contributed by atoms with E-state index in [0.29, 0.717) is 6.01 Å². The van der Waals surface area contributed by atoms with Crippen LogP contribution in [0.3, 0.4) is 0 Å². The van der Waals surface area contributed by atoms with Gasteiger partial charge in [-0.05, 0) is 37.1 Å². The van der Waals surface area contributed by atoms with E-state index in [1.807, 2.05) is 6.07 Å². The van der Waals surface area contributed by atoms with E-state index >= 15 is 0 Å². The van der Waals surface area contributed by atoms with Gasteiger partial charge in [-0.15, -0.1) is 0 Å². The van der Waals surface area contributed by atoms with Crippen molar-refractivity contribution in [3.63, 3.8) is 0 Å². The second-order valence-corrected chi connectivity index (χ2v) is 3.73. The molecule has 0 amide bonds. The zero-order valence-electron chi connectivity index (χ0n) is 9.69. The Morgan fingerprint density at radius 3 is 2.56 bits per heavy atom. The SMILES string of the molecule is COc1nccc(-c2ccc(C)c(C)c2)n1. The van der Waals surface area contributed by atoms with E-state index in [-0.39, 0.29) is 0 Å². The van der Waals surface area contributed by atoms with Crippen LogP contribution >= 0.6 is 0 Å². The van der Waals surface area contributed by atoms with E-state index in [1.165, 1.54) is 11.1 Å². The molecule has 0 N–H and O–H groups in total. The largest absolute Gasteiger partial charge is 0.467 e. The van der Waals surface area contributed by atoms with Crippen LogP contribution in [0.4, 0.5) is 0 Å². The molecule has 0 saturated heterocycles. The number of ether oxygens (including phenoxy) is 1. The molecule has 1 aromatic carbocycles. The van der Waals surface area contributed by atoms with Crippen molar-refractivity contribution in [2.45, 2.75) is 13.8 Å². The van der Waals surface area contributed by atoms with Crippen molar-refractivity contribution in [3.8, 4) is 17.3 Å². The van der Waals surface area contributed by atoms with Crippen molar-refractivity contribution in [1.82, 2.24) is 9.97 Å². The number of methoxy groups -OCH3 is 1. The maximum Gasteiger partial charge on any atom is 0.316 e. The van der Waals surface area contributed by atoms with Gasteiger partial charge < -0.3 is 4.74 Å². The molecule has 0 bridgehead atoms. The van der Waals surface area contributed by atoms with Crippen LogP contribution in [0.25, 0.3) is 11.3 Å². The molecular weight excluding hydrogens is 200 g/mol. The van der Waals surface area contributed by atoms with Gasteiger partial charge in [-0.2, -0.15) is 4.98 Å². The minimum Gasteiger partial charge on any atom is -0.467 e. The molecule has 0 unspecified atom stereocenters. The number of benzene rings is 1.